The number of hydrogen-bond acceptors (Lipinski definition) is 2. The molecule has 2 nitrogen and oxygen atoms in total. The molecule has 2 heterocycles. The Labute approximate surface area is 358 Å². The minimum Gasteiger partial charge on any atom is -0.310 e. The fraction of sp³-hybridized carbons (Fsp3) is 0. The third kappa shape index (κ3) is 5.93. The summed E-state index contributed by atoms with van der Waals surface area (Å²) in [5, 5.41) is 7.50. The number of anilines is 3. The number of nitrogens with zero attached hydrogens (tertiary/aromatic N) is 2. The average Bonchev–Trinajstić information content (AvgIpc) is 3.88. The molecule has 0 aliphatic rings. The number of fused-ring (bicyclic) bond motifs is 7. The van der Waals surface area contributed by atoms with E-state index in [9.17, 15) is 0 Å². The normalized spacial score (nSPS) is 11.6. The van der Waals surface area contributed by atoms with Gasteiger partial charge < -0.3 is 9.47 Å². The van der Waals surface area contributed by atoms with Crippen LogP contribution in [0.15, 0.2) is 231 Å². The molecule has 286 valence electrons. The molecule has 12 aromatic rings. The van der Waals surface area contributed by atoms with Crippen LogP contribution in [0.25, 0.3) is 91.8 Å². The highest BCUT2D eigenvalue weighted by atomic mass is 32.1. The van der Waals surface area contributed by atoms with Crippen LogP contribution in [0.3, 0.4) is 0 Å². The first-order chi connectivity index (χ1) is 30.3. The summed E-state index contributed by atoms with van der Waals surface area (Å²) >= 11 is 1.88. The summed E-state index contributed by atoms with van der Waals surface area (Å²) in [5.41, 5.74) is 14.0. The van der Waals surface area contributed by atoms with Crippen LogP contribution in [0.1, 0.15) is 0 Å². The highest BCUT2D eigenvalue weighted by molar-refractivity contribution is 7.26. The van der Waals surface area contributed by atoms with Gasteiger partial charge in [0.1, 0.15) is 0 Å². The van der Waals surface area contributed by atoms with Crippen molar-refractivity contribution in [3.8, 4) is 39.1 Å². The Morgan fingerprint density at radius 1 is 0.328 bits per heavy atom. The molecule has 0 aliphatic carbocycles. The topological polar surface area (TPSA) is 8.17 Å². The molecule has 0 spiro atoms. The van der Waals surface area contributed by atoms with E-state index in [1.807, 2.05) is 11.3 Å². The fourth-order valence-corrected chi connectivity index (χ4v) is 10.6. The SMILES string of the molecule is c1ccc(-c2cc(N(c3ccccc3)c3ccc4c5ccccc5n(-c5cc6ccccc6cc5-c5ccccc5)c4c3)ccc2-c2cccc3c2sc2ccccc23)cc1. The van der Waals surface area contributed by atoms with Crippen molar-refractivity contribution in [3.05, 3.63) is 231 Å². The third-order valence-electron chi connectivity index (χ3n) is 12.2. The Morgan fingerprint density at radius 3 is 1.70 bits per heavy atom. The predicted molar refractivity (Wildman–Crippen MR) is 262 cm³/mol. The predicted octanol–water partition coefficient (Wildman–Crippen LogP) is 16.8. The lowest BCUT2D eigenvalue weighted by Crippen LogP contribution is -2.10. The molecule has 12 rings (SSSR count). The number of hydrogen-bond donors (Lipinski definition) is 0. The van der Waals surface area contributed by atoms with Crippen molar-refractivity contribution >= 4 is 81.1 Å². The van der Waals surface area contributed by atoms with Gasteiger partial charge in [-0.2, -0.15) is 0 Å². The van der Waals surface area contributed by atoms with Crippen LogP contribution in [0.5, 0.6) is 0 Å². The minimum absolute atomic E-state index is 1.09. The highest BCUT2D eigenvalue weighted by Crippen LogP contribution is 2.47. The Hall–Kier alpha value is -7.72. The lowest BCUT2D eigenvalue weighted by molar-refractivity contribution is 1.18. The van der Waals surface area contributed by atoms with Gasteiger partial charge in [0, 0.05) is 59.1 Å². The molecule has 0 atom stereocenters. The first-order valence-corrected chi connectivity index (χ1v) is 21.7. The van der Waals surface area contributed by atoms with Gasteiger partial charge in [-0.3, -0.25) is 0 Å². The second-order valence-corrected chi connectivity index (χ2v) is 16.7. The number of aromatic nitrogens is 1. The summed E-state index contributed by atoms with van der Waals surface area (Å²) in [6, 6.07) is 84.2. The molecule has 0 N–H and O–H groups in total. The Morgan fingerprint density at radius 2 is 0.918 bits per heavy atom. The fourth-order valence-electron chi connectivity index (χ4n) is 9.37. The molecule has 0 amide bonds. The summed E-state index contributed by atoms with van der Waals surface area (Å²) < 4.78 is 5.11. The Bertz CT molecular complexity index is 3580. The second-order valence-electron chi connectivity index (χ2n) is 15.7. The van der Waals surface area contributed by atoms with Crippen molar-refractivity contribution < 1.29 is 0 Å². The summed E-state index contributed by atoms with van der Waals surface area (Å²) in [5.74, 6) is 0. The average molecular weight is 795 g/mol. The van der Waals surface area contributed by atoms with Crippen LogP contribution < -0.4 is 4.90 Å². The lowest BCUT2D eigenvalue weighted by Gasteiger charge is -2.27. The van der Waals surface area contributed by atoms with Crippen molar-refractivity contribution in [2.45, 2.75) is 0 Å². The molecule has 0 saturated carbocycles. The van der Waals surface area contributed by atoms with Gasteiger partial charge in [0.25, 0.3) is 0 Å². The van der Waals surface area contributed by atoms with E-state index in [0.717, 1.165) is 28.3 Å². The molecule has 0 unspecified atom stereocenters. The molecular formula is C58H38N2S. The van der Waals surface area contributed by atoms with Crippen LogP contribution in [0.2, 0.25) is 0 Å². The summed E-state index contributed by atoms with van der Waals surface area (Å²) in [6.07, 6.45) is 0. The smallest absolute Gasteiger partial charge is 0.0562 e. The van der Waals surface area contributed by atoms with Gasteiger partial charge in [0.2, 0.25) is 0 Å². The van der Waals surface area contributed by atoms with E-state index in [2.05, 4.69) is 240 Å². The standard InChI is InChI=1S/C58H38N2S/c1-4-17-39(18-5-1)52-37-44(31-33-46(52)50-27-16-28-51-49-26-13-15-30-57(49)61-58(50)51)59(43-23-8-3-9-24-43)45-32-34-48-47-25-12-14-29-54(47)60(56(48)38-45)55-36-42-22-11-10-21-41(42)35-53(55)40-19-6-2-7-20-40/h1-38H. The molecular weight excluding hydrogens is 757 g/mol. The second kappa shape index (κ2) is 14.5. The van der Waals surface area contributed by atoms with Gasteiger partial charge in [-0.05, 0) is 93.7 Å². The van der Waals surface area contributed by atoms with Crippen molar-refractivity contribution in [1.82, 2.24) is 4.57 Å². The number of benzene rings is 10. The maximum absolute atomic E-state index is 2.48. The third-order valence-corrected chi connectivity index (χ3v) is 13.4. The van der Waals surface area contributed by atoms with Gasteiger partial charge in [0.15, 0.2) is 0 Å². The molecule has 3 heteroatoms. The van der Waals surface area contributed by atoms with Crippen LogP contribution in [0, 0.1) is 0 Å². The zero-order valence-electron chi connectivity index (χ0n) is 33.2. The van der Waals surface area contributed by atoms with Gasteiger partial charge in [-0.15, -0.1) is 11.3 Å². The summed E-state index contributed by atoms with van der Waals surface area (Å²) in [7, 11) is 0. The van der Waals surface area contributed by atoms with E-state index < -0.39 is 0 Å². The summed E-state index contributed by atoms with van der Waals surface area (Å²) in [4.78, 5) is 2.41. The van der Waals surface area contributed by atoms with Gasteiger partial charge >= 0.3 is 0 Å². The van der Waals surface area contributed by atoms with Gasteiger partial charge in [-0.25, -0.2) is 0 Å². The van der Waals surface area contributed by atoms with E-state index in [1.54, 1.807) is 0 Å². The molecule has 0 bridgehead atoms. The molecule has 0 aliphatic heterocycles. The first-order valence-electron chi connectivity index (χ1n) is 20.8. The first kappa shape index (κ1) is 35.2. The number of thiophene rings is 1. The maximum Gasteiger partial charge on any atom is 0.0562 e. The largest absolute Gasteiger partial charge is 0.310 e. The number of para-hydroxylation sites is 2. The zero-order valence-corrected chi connectivity index (χ0v) is 34.1. The Balaban J connectivity index is 1.10. The highest BCUT2D eigenvalue weighted by Gasteiger charge is 2.22. The van der Waals surface area contributed by atoms with E-state index in [0.29, 0.717) is 0 Å². The number of rotatable bonds is 7. The van der Waals surface area contributed by atoms with Crippen LogP contribution >= 0.6 is 11.3 Å². The van der Waals surface area contributed by atoms with E-state index in [4.69, 9.17) is 0 Å². The van der Waals surface area contributed by atoms with Gasteiger partial charge in [-0.1, -0.05) is 170 Å². The van der Waals surface area contributed by atoms with Crippen molar-refractivity contribution in [3.63, 3.8) is 0 Å². The van der Waals surface area contributed by atoms with E-state index >= 15 is 0 Å². The molecule has 0 fully saturated rings. The minimum atomic E-state index is 1.09. The Kier molecular flexibility index (Phi) is 8.39. The molecule has 61 heavy (non-hydrogen) atoms. The van der Waals surface area contributed by atoms with Crippen LogP contribution in [-0.2, 0) is 0 Å². The summed E-state index contributed by atoms with van der Waals surface area (Å²) in [6.45, 7) is 0. The monoisotopic (exact) mass is 794 g/mol. The van der Waals surface area contributed by atoms with Crippen LogP contribution in [0.4, 0.5) is 17.1 Å². The van der Waals surface area contributed by atoms with E-state index in [-0.39, 0.29) is 0 Å². The zero-order chi connectivity index (χ0) is 40.3. The van der Waals surface area contributed by atoms with Crippen molar-refractivity contribution in [2.75, 3.05) is 4.90 Å². The lowest BCUT2D eigenvalue weighted by atomic mass is 9.92. The molecule has 0 radical (unpaired) electrons. The van der Waals surface area contributed by atoms with Gasteiger partial charge in [0.05, 0.1) is 16.7 Å². The molecule has 2 aromatic heterocycles. The van der Waals surface area contributed by atoms with E-state index in [1.165, 1.54) is 80.6 Å². The quantitative estimate of drug-likeness (QED) is 0.156. The molecule has 10 aromatic carbocycles. The van der Waals surface area contributed by atoms with Crippen molar-refractivity contribution in [1.29, 1.82) is 0 Å². The maximum atomic E-state index is 2.48. The van der Waals surface area contributed by atoms with Crippen LogP contribution in [-0.4, -0.2) is 4.57 Å². The van der Waals surface area contributed by atoms with Crippen molar-refractivity contribution in [2.24, 2.45) is 0 Å². The molecule has 0 saturated heterocycles.